The van der Waals surface area contributed by atoms with Gasteiger partial charge in [0.15, 0.2) is 0 Å². The van der Waals surface area contributed by atoms with Crippen LogP contribution in [0.25, 0.3) is 0 Å². The van der Waals surface area contributed by atoms with E-state index >= 15 is 0 Å². The molecular formula is C21H29N3O5. The summed E-state index contributed by atoms with van der Waals surface area (Å²) in [6, 6.07) is 6.24. The lowest BCUT2D eigenvalue weighted by Crippen LogP contribution is -2.41. The highest BCUT2D eigenvalue weighted by atomic mass is 16.3. The van der Waals surface area contributed by atoms with E-state index < -0.39 is 5.41 Å². The molecular weight excluding hydrogens is 374 g/mol. The van der Waals surface area contributed by atoms with Gasteiger partial charge >= 0.3 is 0 Å². The highest BCUT2D eigenvalue weighted by Gasteiger charge is 2.54. The first kappa shape index (κ1) is 21.1. The van der Waals surface area contributed by atoms with Crippen LogP contribution in [0.1, 0.15) is 26.7 Å². The van der Waals surface area contributed by atoms with Crippen molar-refractivity contribution in [3.63, 3.8) is 0 Å². The zero-order chi connectivity index (χ0) is 21.2. The van der Waals surface area contributed by atoms with Crippen LogP contribution in [0.2, 0.25) is 0 Å². The molecule has 0 aromatic heterocycles. The minimum absolute atomic E-state index is 0.0414. The van der Waals surface area contributed by atoms with Crippen LogP contribution >= 0.6 is 0 Å². The molecule has 2 aliphatic heterocycles. The lowest BCUT2D eigenvalue weighted by Gasteiger charge is -2.28. The molecule has 0 bridgehead atoms. The van der Waals surface area contributed by atoms with Crippen molar-refractivity contribution >= 4 is 23.4 Å². The maximum atomic E-state index is 12.6. The topological polar surface area (TPSA) is 110 Å². The van der Waals surface area contributed by atoms with Gasteiger partial charge in [0.25, 0.3) is 0 Å². The number of benzene rings is 1. The van der Waals surface area contributed by atoms with Crippen LogP contribution in [-0.4, -0.2) is 70.5 Å². The first-order valence-corrected chi connectivity index (χ1v) is 10.0. The zero-order valence-electron chi connectivity index (χ0n) is 16.9. The van der Waals surface area contributed by atoms with Gasteiger partial charge in [-0.15, -0.1) is 0 Å². The second kappa shape index (κ2) is 8.41. The van der Waals surface area contributed by atoms with Gasteiger partial charge in [-0.05, 0) is 12.1 Å². The van der Waals surface area contributed by atoms with E-state index in [1.165, 1.54) is 12.1 Å². The Bertz CT molecular complexity index is 796. The van der Waals surface area contributed by atoms with Crippen LogP contribution < -0.4 is 5.32 Å². The Morgan fingerprint density at radius 3 is 2.48 bits per heavy atom. The predicted octanol–water partition coefficient (Wildman–Crippen LogP) is 1.05. The molecule has 29 heavy (non-hydrogen) atoms. The van der Waals surface area contributed by atoms with Crippen molar-refractivity contribution in [1.82, 2.24) is 9.80 Å². The van der Waals surface area contributed by atoms with E-state index in [2.05, 4.69) is 5.32 Å². The molecule has 8 nitrogen and oxygen atoms in total. The predicted molar refractivity (Wildman–Crippen MR) is 107 cm³/mol. The van der Waals surface area contributed by atoms with E-state index in [0.717, 1.165) is 0 Å². The van der Waals surface area contributed by atoms with E-state index in [1.54, 1.807) is 21.9 Å². The highest BCUT2D eigenvalue weighted by molar-refractivity contribution is 5.93. The molecule has 3 rings (SSSR count). The average molecular weight is 403 g/mol. The van der Waals surface area contributed by atoms with Crippen molar-refractivity contribution in [3.05, 3.63) is 24.3 Å². The number of hydrogen-bond acceptors (Lipinski definition) is 5. The maximum Gasteiger partial charge on any atom is 0.225 e. The SMILES string of the molecule is CC(C)C(=O)N1C[C@@H]2CN(C(=O)CCC(=O)Nc3cccc(O)c3)C[C@]2(CO)C1. The van der Waals surface area contributed by atoms with Gasteiger partial charge in [0, 0.05) is 68.0 Å². The Hall–Kier alpha value is -2.61. The molecule has 2 heterocycles. The van der Waals surface area contributed by atoms with Crippen LogP contribution in [0.4, 0.5) is 5.69 Å². The van der Waals surface area contributed by atoms with Gasteiger partial charge in [0.1, 0.15) is 5.75 Å². The van der Waals surface area contributed by atoms with Gasteiger partial charge in [-0.25, -0.2) is 0 Å². The number of carbonyl (C=O) groups excluding carboxylic acids is 3. The molecule has 3 amide bonds. The second-order valence-electron chi connectivity index (χ2n) is 8.46. The minimum atomic E-state index is -0.468. The molecule has 0 aliphatic carbocycles. The van der Waals surface area contributed by atoms with Crippen molar-refractivity contribution in [2.75, 3.05) is 38.1 Å². The van der Waals surface area contributed by atoms with E-state index in [4.69, 9.17) is 0 Å². The Morgan fingerprint density at radius 1 is 1.17 bits per heavy atom. The van der Waals surface area contributed by atoms with Crippen molar-refractivity contribution in [2.24, 2.45) is 17.3 Å². The molecule has 1 aromatic carbocycles. The Labute approximate surface area is 170 Å². The third-order valence-corrected chi connectivity index (χ3v) is 5.93. The number of aliphatic hydroxyl groups is 1. The Kier molecular flexibility index (Phi) is 6.12. The fourth-order valence-corrected chi connectivity index (χ4v) is 4.31. The van der Waals surface area contributed by atoms with E-state index in [-0.39, 0.29) is 54.8 Å². The molecule has 3 N–H and O–H groups in total. The number of aliphatic hydroxyl groups excluding tert-OH is 1. The molecule has 1 aromatic rings. The molecule has 2 fully saturated rings. The van der Waals surface area contributed by atoms with Crippen LogP contribution in [0, 0.1) is 17.3 Å². The summed E-state index contributed by atoms with van der Waals surface area (Å²) >= 11 is 0. The number of phenolic OH excluding ortho intramolecular Hbond substituents is 1. The molecule has 2 saturated heterocycles. The molecule has 8 heteroatoms. The quantitative estimate of drug-likeness (QED) is 0.658. The van der Waals surface area contributed by atoms with Gasteiger partial charge in [-0.3, -0.25) is 14.4 Å². The third-order valence-electron chi connectivity index (χ3n) is 5.93. The van der Waals surface area contributed by atoms with Crippen LogP contribution in [0.15, 0.2) is 24.3 Å². The van der Waals surface area contributed by atoms with Gasteiger partial charge in [-0.1, -0.05) is 19.9 Å². The Morgan fingerprint density at radius 2 is 1.86 bits per heavy atom. The number of phenols is 1. The molecule has 2 aliphatic rings. The summed E-state index contributed by atoms with van der Waals surface area (Å²) in [5, 5.41) is 22.1. The monoisotopic (exact) mass is 403 g/mol. The maximum absolute atomic E-state index is 12.6. The van der Waals surface area contributed by atoms with Gasteiger partial charge < -0.3 is 25.3 Å². The van der Waals surface area contributed by atoms with Crippen molar-refractivity contribution in [3.8, 4) is 5.75 Å². The van der Waals surface area contributed by atoms with Crippen LogP contribution in [-0.2, 0) is 14.4 Å². The standard InChI is InChI=1S/C21H29N3O5/c1-14(2)20(29)24-10-15-9-23(11-21(15,12-24)13-25)19(28)7-6-18(27)22-16-4-3-5-17(26)8-16/h3-5,8,14-15,25-26H,6-7,9-13H2,1-2H3,(H,22,27)/t15-,21+/m0/s1. The Balaban J connectivity index is 1.52. The largest absolute Gasteiger partial charge is 0.508 e. The molecule has 0 saturated carbocycles. The number of rotatable bonds is 6. The summed E-state index contributed by atoms with van der Waals surface area (Å²) in [7, 11) is 0. The number of nitrogens with zero attached hydrogens (tertiary/aromatic N) is 2. The van der Waals surface area contributed by atoms with Crippen molar-refractivity contribution in [1.29, 1.82) is 0 Å². The van der Waals surface area contributed by atoms with E-state index in [0.29, 0.717) is 31.9 Å². The van der Waals surface area contributed by atoms with Gasteiger partial charge in [0.05, 0.1) is 6.61 Å². The van der Waals surface area contributed by atoms with Crippen molar-refractivity contribution < 1.29 is 24.6 Å². The summed E-state index contributed by atoms with van der Waals surface area (Å²) in [5.41, 5.74) is 0.0108. The summed E-state index contributed by atoms with van der Waals surface area (Å²) in [5.74, 6) is -0.322. The normalized spacial score (nSPS) is 23.4. The summed E-state index contributed by atoms with van der Waals surface area (Å²) in [6.45, 7) is 5.57. The third kappa shape index (κ3) is 4.53. The fourth-order valence-electron chi connectivity index (χ4n) is 4.31. The number of fused-ring (bicyclic) bond motifs is 1. The molecule has 0 radical (unpaired) electrons. The van der Waals surface area contributed by atoms with Gasteiger partial charge in [0.2, 0.25) is 17.7 Å². The molecule has 2 atom stereocenters. The molecule has 0 unspecified atom stereocenters. The van der Waals surface area contributed by atoms with Crippen molar-refractivity contribution in [2.45, 2.75) is 26.7 Å². The number of likely N-dealkylation sites (tertiary alicyclic amines) is 2. The number of amides is 3. The molecule has 158 valence electrons. The average Bonchev–Trinajstić information content (AvgIpc) is 3.20. The summed E-state index contributed by atoms with van der Waals surface area (Å²) in [6.07, 6.45) is 0.118. The smallest absolute Gasteiger partial charge is 0.225 e. The second-order valence-corrected chi connectivity index (χ2v) is 8.46. The summed E-state index contributed by atoms with van der Waals surface area (Å²) in [4.78, 5) is 40.5. The number of anilines is 1. The molecule has 0 spiro atoms. The zero-order valence-corrected chi connectivity index (χ0v) is 16.9. The fraction of sp³-hybridized carbons (Fsp3) is 0.571. The summed E-state index contributed by atoms with van der Waals surface area (Å²) < 4.78 is 0. The van der Waals surface area contributed by atoms with E-state index in [1.807, 2.05) is 13.8 Å². The highest BCUT2D eigenvalue weighted by Crippen LogP contribution is 2.42. The first-order valence-electron chi connectivity index (χ1n) is 10.0. The van der Waals surface area contributed by atoms with Crippen LogP contribution in [0.5, 0.6) is 5.75 Å². The number of aromatic hydroxyl groups is 1. The first-order chi connectivity index (χ1) is 13.7. The van der Waals surface area contributed by atoms with Gasteiger partial charge in [-0.2, -0.15) is 0 Å². The minimum Gasteiger partial charge on any atom is -0.508 e. The van der Waals surface area contributed by atoms with E-state index in [9.17, 15) is 24.6 Å². The lowest BCUT2D eigenvalue weighted by molar-refractivity contribution is -0.135. The number of nitrogens with one attached hydrogen (secondary N) is 1. The van der Waals surface area contributed by atoms with Crippen LogP contribution in [0.3, 0.4) is 0 Å². The lowest BCUT2D eigenvalue weighted by atomic mass is 9.82. The number of hydrogen-bond donors (Lipinski definition) is 3. The number of carbonyl (C=O) groups is 3.